The average Bonchev–Trinajstić information content (AvgIpc) is 2.85. The van der Waals surface area contributed by atoms with Crippen molar-refractivity contribution in [2.24, 2.45) is 5.92 Å². The number of hydrogen-bond donors (Lipinski definition) is 2. The molecule has 4 heteroatoms. The number of piperidine rings is 1. The zero-order valence-corrected chi connectivity index (χ0v) is 10.9. The second-order valence-corrected chi connectivity index (χ2v) is 5.30. The van der Waals surface area contributed by atoms with Gasteiger partial charge in [-0.3, -0.25) is 4.79 Å². The fourth-order valence-corrected chi connectivity index (χ4v) is 2.81. The summed E-state index contributed by atoms with van der Waals surface area (Å²) in [6.07, 6.45) is 4.61. The summed E-state index contributed by atoms with van der Waals surface area (Å²) >= 11 is 0. The van der Waals surface area contributed by atoms with Gasteiger partial charge in [0.2, 0.25) is 5.91 Å². The Morgan fingerprint density at radius 3 is 2.94 bits per heavy atom. The molecule has 0 aromatic carbocycles. The monoisotopic (exact) mass is 239 g/mol. The molecule has 98 valence electrons. The molecule has 0 spiro atoms. The van der Waals surface area contributed by atoms with Gasteiger partial charge < -0.3 is 15.5 Å². The van der Waals surface area contributed by atoms with E-state index in [4.69, 9.17) is 0 Å². The molecule has 2 aliphatic heterocycles. The van der Waals surface area contributed by atoms with Gasteiger partial charge in [0.1, 0.15) is 0 Å². The van der Waals surface area contributed by atoms with Crippen LogP contribution in [0.15, 0.2) is 0 Å². The van der Waals surface area contributed by atoms with E-state index in [-0.39, 0.29) is 11.9 Å². The molecule has 2 saturated heterocycles. The van der Waals surface area contributed by atoms with E-state index in [1.54, 1.807) is 0 Å². The van der Waals surface area contributed by atoms with Crippen molar-refractivity contribution in [3.05, 3.63) is 0 Å². The van der Waals surface area contributed by atoms with Gasteiger partial charge >= 0.3 is 0 Å². The van der Waals surface area contributed by atoms with E-state index in [2.05, 4.69) is 22.5 Å². The lowest BCUT2D eigenvalue weighted by molar-refractivity contribution is -0.123. The van der Waals surface area contributed by atoms with Crippen LogP contribution in [0.2, 0.25) is 0 Å². The molecule has 0 radical (unpaired) electrons. The fraction of sp³-hybridized carbons (Fsp3) is 0.923. The van der Waals surface area contributed by atoms with Crippen LogP contribution in [0.5, 0.6) is 0 Å². The largest absolute Gasteiger partial charge is 0.354 e. The van der Waals surface area contributed by atoms with Gasteiger partial charge in [0.05, 0.1) is 6.04 Å². The van der Waals surface area contributed by atoms with Gasteiger partial charge in [-0.2, -0.15) is 0 Å². The fourth-order valence-electron chi connectivity index (χ4n) is 2.81. The number of carbonyl (C=O) groups is 1. The molecule has 2 fully saturated rings. The molecular weight excluding hydrogens is 214 g/mol. The molecule has 0 aliphatic carbocycles. The van der Waals surface area contributed by atoms with Crippen molar-refractivity contribution < 1.29 is 4.79 Å². The zero-order chi connectivity index (χ0) is 12.1. The third kappa shape index (κ3) is 3.68. The van der Waals surface area contributed by atoms with E-state index in [1.165, 1.54) is 25.8 Å². The lowest BCUT2D eigenvalue weighted by Gasteiger charge is -2.23. The van der Waals surface area contributed by atoms with Crippen molar-refractivity contribution in [1.29, 1.82) is 0 Å². The highest BCUT2D eigenvalue weighted by atomic mass is 16.2. The van der Waals surface area contributed by atoms with Crippen LogP contribution in [-0.4, -0.2) is 49.6 Å². The average molecular weight is 239 g/mol. The lowest BCUT2D eigenvalue weighted by Crippen LogP contribution is -2.47. The van der Waals surface area contributed by atoms with Crippen LogP contribution in [0.4, 0.5) is 0 Å². The highest BCUT2D eigenvalue weighted by molar-refractivity contribution is 5.81. The standard InChI is InChI=1S/C13H25N3O/c1-2-16-8-6-11(10-16)9-15-13(17)12-5-3-4-7-14-12/h11-12,14H,2-10H2,1H3,(H,15,17)/t11?,12-/m0/s1. The van der Waals surface area contributed by atoms with Crippen LogP contribution in [-0.2, 0) is 4.79 Å². The Balaban J connectivity index is 1.65. The van der Waals surface area contributed by atoms with Gasteiger partial charge in [0.15, 0.2) is 0 Å². The van der Waals surface area contributed by atoms with Crippen molar-refractivity contribution in [1.82, 2.24) is 15.5 Å². The van der Waals surface area contributed by atoms with E-state index in [9.17, 15) is 4.79 Å². The number of rotatable bonds is 4. The minimum Gasteiger partial charge on any atom is -0.354 e. The second kappa shape index (κ2) is 6.36. The maximum Gasteiger partial charge on any atom is 0.237 e. The number of nitrogens with one attached hydrogen (secondary N) is 2. The van der Waals surface area contributed by atoms with Crippen LogP contribution in [0, 0.1) is 5.92 Å². The number of hydrogen-bond acceptors (Lipinski definition) is 3. The van der Waals surface area contributed by atoms with Gasteiger partial charge in [-0.15, -0.1) is 0 Å². The van der Waals surface area contributed by atoms with Crippen LogP contribution < -0.4 is 10.6 Å². The first-order chi connectivity index (χ1) is 8.29. The Morgan fingerprint density at radius 1 is 1.41 bits per heavy atom. The Hall–Kier alpha value is -0.610. The molecule has 2 rings (SSSR count). The number of likely N-dealkylation sites (tertiary alicyclic amines) is 1. The molecule has 0 saturated carbocycles. The zero-order valence-electron chi connectivity index (χ0n) is 10.9. The SMILES string of the molecule is CCN1CCC(CNC(=O)[C@@H]2CCCCN2)C1. The minimum absolute atomic E-state index is 0.0624. The molecule has 2 aliphatic rings. The summed E-state index contributed by atoms with van der Waals surface area (Å²) in [5.74, 6) is 0.863. The van der Waals surface area contributed by atoms with E-state index in [0.29, 0.717) is 5.92 Å². The number of amides is 1. The molecule has 1 amide bonds. The molecule has 17 heavy (non-hydrogen) atoms. The van der Waals surface area contributed by atoms with Crippen molar-refractivity contribution in [2.45, 2.75) is 38.6 Å². The van der Waals surface area contributed by atoms with Crippen molar-refractivity contribution >= 4 is 5.91 Å². The van der Waals surface area contributed by atoms with E-state index in [1.807, 2.05) is 0 Å². The number of nitrogens with zero attached hydrogens (tertiary/aromatic N) is 1. The molecule has 2 atom stereocenters. The quantitative estimate of drug-likeness (QED) is 0.754. The van der Waals surface area contributed by atoms with Crippen LogP contribution in [0.1, 0.15) is 32.6 Å². The summed E-state index contributed by atoms with van der Waals surface area (Å²) in [6, 6.07) is 0.0624. The molecule has 4 nitrogen and oxygen atoms in total. The smallest absolute Gasteiger partial charge is 0.237 e. The normalized spacial score (nSPS) is 30.4. The van der Waals surface area contributed by atoms with Gasteiger partial charge in [-0.05, 0) is 44.8 Å². The Bertz CT molecular complexity index is 251. The summed E-state index contributed by atoms with van der Waals surface area (Å²) in [7, 11) is 0. The minimum atomic E-state index is 0.0624. The second-order valence-electron chi connectivity index (χ2n) is 5.30. The van der Waals surface area contributed by atoms with Gasteiger partial charge in [-0.1, -0.05) is 13.3 Å². The highest BCUT2D eigenvalue weighted by Crippen LogP contribution is 2.14. The molecule has 0 aromatic heterocycles. The first kappa shape index (κ1) is 12.8. The van der Waals surface area contributed by atoms with Gasteiger partial charge in [0.25, 0.3) is 0 Å². The molecular formula is C13H25N3O. The van der Waals surface area contributed by atoms with Crippen molar-refractivity contribution in [2.75, 3.05) is 32.7 Å². The molecule has 0 aromatic rings. The molecule has 2 heterocycles. The third-order valence-electron chi connectivity index (χ3n) is 4.01. The van der Waals surface area contributed by atoms with Crippen LogP contribution in [0.3, 0.4) is 0 Å². The molecule has 1 unspecified atom stereocenters. The lowest BCUT2D eigenvalue weighted by atomic mass is 10.0. The Morgan fingerprint density at radius 2 is 2.29 bits per heavy atom. The summed E-state index contributed by atoms with van der Waals surface area (Å²) in [6.45, 7) is 7.52. The summed E-state index contributed by atoms with van der Waals surface area (Å²) in [5, 5.41) is 6.40. The predicted octanol–water partition coefficient (Wildman–Crippen LogP) is 0.587. The van der Waals surface area contributed by atoms with E-state index >= 15 is 0 Å². The Kier molecular flexibility index (Phi) is 4.80. The third-order valence-corrected chi connectivity index (χ3v) is 4.01. The van der Waals surface area contributed by atoms with E-state index < -0.39 is 0 Å². The summed E-state index contributed by atoms with van der Waals surface area (Å²) < 4.78 is 0. The maximum atomic E-state index is 11.9. The first-order valence-electron chi connectivity index (χ1n) is 7.03. The summed E-state index contributed by atoms with van der Waals surface area (Å²) in [5.41, 5.74) is 0. The maximum absolute atomic E-state index is 11.9. The van der Waals surface area contributed by atoms with Crippen LogP contribution in [0.25, 0.3) is 0 Å². The predicted molar refractivity (Wildman–Crippen MR) is 68.9 cm³/mol. The molecule has 0 bridgehead atoms. The van der Waals surface area contributed by atoms with Crippen LogP contribution >= 0.6 is 0 Å². The summed E-state index contributed by atoms with van der Waals surface area (Å²) in [4.78, 5) is 14.4. The first-order valence-corrected chi connectivity index (χ1v) is 7.03. The van der Waals surface area contributed by atoms with E-state index in [0.717, 1.165) is 32.6 Å². The molecule has 2 N–H and O–H groups in total. The highest BCUT2D eigenvalue weighted by Gasteiger charge is 2.24. The van der Waals surface area contributed by atoms with Gasteiger partial charge in [0, 0.05) is 13.1 Å². The number of carbonyl (C=O) groups excluding carboxylic acids is 1. The topological polar surface area (TPSA) is 44.4 Å². The van der Waals surface area contributed by atoms with Crippen molar-refractivity contribution in [3.63, 3.8) is 0 Å². The van der Waals surface area contributed by atoms with Gasteiger partial charge in [-0.25, -0.2) is 0 Å². The Labute approximate surface area is 104 Å². The van der Waals surface area contributed by atoms with Crippen molar-refractivity contribution in [3.8, 4) is 0 Å².